The highest BCUT2D eigenvalue weighted by molar-refractivity contribution is 5.45. The zero-order valence-corrected chi connectivity index (χ0v) is 9.58. The van der Waals surface area contributed by atoms with Gasteiger partial charge in [-0.15, -0.1) is 0 Å². The molecule has 0 saturated carbocycles. The number of rotatable bonds is 3. The average Bonchev–Trinajstić information content (AvgIpc) is 2.84. The Balaban J connectivity index is 2.30. The third-order valence-electron chi connectivity index (χ3n) is 2.49. The van der Waals surface area contributed by atoms with E-state index in [9.17, 15) is 0 Å². The van der Waals surface area contributed by atoms with Gasteiger partial charge in [-0.2, -0.15) is 4.98 Å². The molecular weight excluding hydrogens is 206 g/mol. The van der Waals surface area contributed by atoms with Crippen LogP contribution in [0.25, 0.3) is 11.6 Å². The quantitative estimate of drug-likeness (QED) is 0.839. The van der Waals surface area contributed by atoms with Crippen LogP contribution in [0, 0.1) is 5.92 Å². The van der Waals surface area contributed by atoms with Crippen molar-refractivity contribution in [1.29, 1.82) is 0 Å². The van der Waals surface area contributed by atoms with Crippen LogP contribution in [0.5, 0.6) is 0 Å². The summed E-state index contributed by atoms with van der Waals surface area (Å²) in [6.07, 6.45) is 3.36. The topological polar surface area (TPSA) is 82.8 Å². The minimum absolute atomic E-state index is 0.203. The van der Waals surface area contributed by atoms with Gasteiger partial charge in [0.2, 0.25) is 0 Å². The minimum atomic E-state index is -0.203. The summed E-state index contributed by atoms with van der Waals surface area (Å²) < 4.78 is 6.98. The van der Waals surface area contributed by atoms with Crippen LogP contribution in [0.1, 0.15) is 25.7 Å². The fourth-order valence-corrected chi connectivity index (χ4v) is 1.34. The molecule has 1 atom stereocenters. The van der Waals surface area contributed by atoms with Crippen molar-refractivity contribution in [3.8, 4) is 11.6 Å². The molecule has 6 heteroatoms. The Labute approximate surface area is 93.5 Å². The third-order valence-corrected chi connectivity index (χ3v) is 2.49. The van der Waals surface area contributed by atoms with E-state index < -0.39 is 0 Å². The van der Waals surface area contributed by atoms with E-state index in [1.165, 1.54) is 0 Å². The standard InChI is InChI=1S/C10H15N5O/c1-6(2)8(11)9-13-10(16-14-9)7-4-12-5-15(7)3/h4-6,8H,11H2,1-3H3. The Morgan fingerprint density at radius 1 is 1.44 bits per heavy atom. The second-order valence-electron chi connectivity index (χ2n) is 4.12. The van der Waals surface area contributed by atoms with Gasteiger partial charge >= 0.3 is 0 Å². The Hall–Kier alpha value is -1.69. The second-order valence-corrected chi connectivity index (χ2v) is 4.12. The molecule has 0 bridgehead atoms. The Morgan fingerprint density at radius 3 is 2.75 bits per heavy atom. The Morgan fingerprint density at radius 2 is 2.19 bits per heavy atom. The summed E-state index contributed by atoms with van der Waals surface area (Å²) in [6, 6.07) is -0.203. The van der Waals surface area contributed by atoms with Crippen molar-refractivity contribution in [2.45, 2.75) is 19.9 Å². The second kappa shape index (κ2) is 4.05. The van der Waals surface area contributed by atoms with Gasteiger partial charge in [0, 0.05) is 7.05 Å². The van der Waals surface area contributed by atoms with Crippen molar-refractivity contribution in [1.82, 2.24) is 19.7 Å². The maximum Gasteiger partial charge on any atom is 0.276 e. The molecule has 86 valence electrons. The monoisotopic (exact) mass is 221 g/mol. The largest absolute Gasteiger partial charge is 0.332 e. The van der Waals surface area contributed by atoms with E-state index in [1.807, 2.05) is 25.5 Å². The highest BCUT2D eigenvalue weighted by Gasteiger charge is 2.19. The van der Waals surface area contributed by atoms with Crippen molar-refractivity contribution in [3.05, 3.63) is 18.3 Å². The zero-order chi connectivity index (χ0) is 11.7. The lowest BCUT2D eigenvalue weighted by Crippen LogP contribution is -2.18. The molecule has 6 nitrogen and oxygen atoms in total. The number of nitrogens with two attached hydrogens (primary N) is 1. The molecule has 0 spiro atoms. The van der Waals surface area contributed by atoms with Crippen LogP contribution in [0.3, 0.4) is 0 Å². The summed E-state index contributed by atoms with van der Waals surface area (Å²) in [5.74, 6) is 1.26. The lowest BCUT2D eigenvalue weighted by Gasteiger charge is -2.09. The van der Waals surface area contributed by atoms with Gasteiger partial charge in [-0.25, -0.2) is 4.98 Å². The lowest BCUT2D eigenvalue weighted by atomic mass is 10.1. The van der Waals surface area contributed by atoms with Gasteiger partial charge in [0.05, 0.1) is 18.6 Å². The molecule has 2 aromatic heterocycles. The van der Waals surface area contributed by atoms with Crippen molar-refractivity contribution in [2.24, 2.45) is 18.7 Å². The van der Waals surface area contributed by atoms with Crippen molar-refractivity contribution < 1.29 is 4.52 Å². The summed E-state index contributed by atoms with van der Waals surface area (Å²) in [5, 5.41) is 3.88. The lowest BCUT2D eigenvalue weighted by molar-refractivity contribution is 0.398. The molecule has 0 aliphatic rings. The summed E-state index contributed by atoms with van der Waals surface area (Å²) in [6.45, 7) is 4.04. The molecule has 0 amide bonds. The van der Waals surface area contributed by atoms with Crippen LogP contribution in [0.4, 0.5) is 0 Å². The number of imidazole rings is 1. The molecule has 0 radical (unpaired) electrons. The highest BCUT2D eigenvalue weighted by atomic mass is 16.5. The molecular formula is C10H15N5O. The van der Waals surface area contributed by atoms with Crippen LogP contribution >= 0.6 is 0 Å². The van der Waals surface area contributed by atoms with E-state index in [2.05, 4.69) is 15.1 Å². The van der Waals surface area contributed by atoms with E-state index in [1.54, 1.807) is 12.5 Å². The van der Waals surface area contributed by atoms with Crippen LogP contribution in [0.2, 0.25) is 0 Å². The molecule has 2 aromatic rings. The first-order valence-electron chi connectivity index (χ1n) is 5.15. The molecule has 0 aromatic carbocycles. The first kappa shape index (κ1) is 10.8. The van der Waals surface area contributed by atoms with Crippen molar-refractivity contribution in [3.63, 3.8) is 0 Å². The summed E-state index contributed by atoms with van der Waals surface area (Å²) in [7, 11) is 1.87. The van der Waals surface area contributed by atoms with E-state index in [-0.39, 0.29) is 12.0 Å². The molecule has 0 aliphatic carbocycles. The number of nitrogens with zero attached hydrogens (tertiary/aromatic N) is 4. The third kappa shape index (κ3) is 1.83. The SMILES string of the molecule is CC(C)C(N)c1noc(-c2cncn2C)n1. The van der Waals surface area contributed by atoms with E-state index >= 15 is 0 Å². The highest BCUT2D eigenvalue weighted by Crippen LogP contribution is 2.20. The van der Waals surface area contributed by atoms with Crippen LogP contribution in [-0.2, 0) is 7.05 Å². The number of hydrogen-bond donors (Lipinski definition) is 1. The number of hydrogen-bond acceptors (Lipinski definition) is 5. The maximum absolute atomic E-state index is 5.94. The van der Waals surface area contributed by atoms with Gasteiger partial charge in [-0.05, 0) is 5.92 Å². The van der Waals surface area contributed by atoms with E-state index in [4.69, 9.17) is 10.3 Å². The maximum atomic E-state index is 5.94. The summed E-state index contributed by atoms with van der Waals surface area (Å²) in [4.78, 5) is 8.26. The van der Waals surface area contributed by atoms with Crippen molar-refractivity contribution >= 4 is 0 Å². The first-order valence-corrected chi connectivity index (χ1v) is 5.15. The fourth-order valence-electron chi connectivity index (χ4n) is 1.34. The molecule has 2 N–H and O–H groups in total. The van der Waals surface area contributed by atoms with Crippen LogP contribution in [0.15, 0.2) is 17.0 Å². The Bertz CT molecular complexity index is 473. The van der Waals surface area contributed by atoms with Gasteiger partial charge < -0.3 is 14.8 Å². The molecule has 2 rings (SSSR count). The molecule has 0 saturated heterocycles. The van der Waals surface area contributed by atoms with Crippen LogP contribution in [-0.4, -0.2) is 19.7 Å². The Kier molecular flexibility index (Phi) is 2.74. The van der Waals surface area contributed by atoms with Gasteiger partial charge in [-0.3, -0.25) is 0 Å². The van der Waals surface area contributed by atoms with E-state index in [0.29, 0.717) is 11.7 Å². The van der Waals surface area contributed by atoms with Crippen LogP contribution < -0.4 is 5.73 Å². The minimum Gasteiger partial charge on any atom is -0.332 e. The van der Waals surface area contributed by atoms with Gasteiger partial charge in [0.15, 0.2) is 5.82 Å². The zero-order valence-electron chi connectivity index (χ0n) is 9.58. The smallest absolute Gasteiger partial charge is 0.276 e. The summed E-state index contributed by atoms with van der Waals surface area (Å²) >= 11 is 0. The molecule has 1 unspecified atom stereocenters. The fraction of sp³-hybridized carbons (Fsp3) is 0.500. The van der Waals surface area contributed by atoms with Gasteiger partial charge in [0.1, 0.15) is 5.69 Å². The average molecular weight is 221 g/mol. The summed E-state index contributed by atoms with van der Waals surface area (Å²) in [5.41, 5.74) is 6.72. The predicted molar refractivity (Wildman–Crippen MR) is 58.3 cm³/mol. The van der Waals surface area contributed by atoms with Crippen molar-refractivity contribution in [2.75, 3.05) is 0 Å². The number of aryl methyl sites for hydroxylation is 1. The first-order chi connectivity index (χ1) is 7.59. The molecule has 0 fully saturated rings. The molecule has 0 aliphatic heterocycles. The predicted octanol–water partition coefficient (Wildman–Crippen LogP) is 1.13. The molecule has 2 heterocycles. The molecule has 16 heavy (non-hydrogen) atoms. The van der Waals surface area contributed by atoms with E-state index in [0.717, 1.165) is 5.69 Å². The van der Waals surface area contributed by atoms with Gasteiger partial charge in [-0.1, -0.05) is 19.0 Å². The number of aromatic nitrogens is 4. The van der Waals surface area contributed by atoms with Gasteiger partial charge in [0.25, 0.3) is 5.89 Å². The normalized spacial score (nSPS) is 13.3.